The third kappa shape index (κ3) is 4.58. The summed E-state index contributed by atoms with van der Waals surface area (Å²) in [6.07, 6.45) is 0. The van der Waals surface area contributed by atoms with Gasteiger partial charge in [0, 0.05) is 35.7 Å². The monoisotopic (exact) mass is 502 g/mol. The van der Waals surface area contributed by atoms with Gasteiger partial charge in [-0.25, -0.2) is 9.97 Å². The van der Waals surface area contributed by atoms with Gasteiger partial charge in [0.05, 0.1) is 29.4 Å². The van der Waals surface area contributed by atoms with E-state index in [0.29, 0.717) is 17.2 Å². The number of ether oxygens (including phenoxy) is 1. The molecule has 0 bridgehead atoms. The molecule has 0 aliphatic carbocycles. The average Bonchev–Trinajstić information content (AvgIpc) is 3.52. The van der Waals surface area contributed by atoms with Crippen molar-refractivity contribution in [3.8, 4) is 22.1 Å². The summed E-state index contributed by atoms with van der Waals surface area (Å²) in [5, 5.41) is 6.17. The summed E-state index contributed by atoms with van der Waals surface area (Å²) in [5.74, 6) is 0.573. The number of fused-ring (bicyclic) bond motifs is 1. The number of halogens is 1. The molecule has 0 aliphatic heterocycles. The van der Waals surface area contributed by atoms with Crippen LogP contribution in [0.2, 0.25) is 5.02 Å². The van der Waals surface area contributed by atoms with E-state index in [4.69, 9.17) is 26.3 Å². The first-order valence-corrected chi connectivity index (χ1v) is 12.3. The molecule has 0 spiro atoms. The van der Waals surface area contributed by atoms with Crippen molar-refractivity contribution < 1.29 is 9.53 Å². The van der Waals surface area contributed by atoms with Crippen LogP contribution >= 0.6 is 22.9 Å². The molecule has 0 saturated heterocycles. The predicted molar refractivity (Wildman–Crippen MR) is 141 cm³/mol. The van der Waals surface area contributed by atoms with Gasteiger partial charge in [0.25, 0.3) is 5.91 Å². The lowest BCUT2D eigenvalue weighted by Gasteiger charge is -2.21. The normalized spacial score (nSPS) is 12.1. The van der Waals surface area contributed by atoms with Crippen LogP contribution in [0.4, 0.5) is 0 Å². The molecule has 5 rings (SSSR count). The first-order chi connectivity index (χ1) is 17.1. The van der Waals surface area contributed by atoms with Crippen LogP contribution in [0.15, 0.2) is 78.2 Å². The van der Waals surface area contributed by atoms with E-state index < -0.39 is 0 Å². The minimum Gasteiger partial charge on any atom is -0.382 e. The van der Waals surface area contributed by atoms with Crippen LogP contribution in [-0.4, -0.2) is 41.2 Å². The largest absolute Gasteiger partial charge is 0.382 e. The Labute approximate surface area is 212 Å². The van der Waals surface area contributed by atoms with E-state index >= 15 is 0 Å². The minimum atomic E-state index is -0.154. The van der Waals surface area contributed by atoms with Crippen LogP contribution in [0.3, 0.4) is 0 Å². The molecule has 2 heterocycles. The molecule has 1 amide bonds. The number of methoxy groups -OCH3 is 1. The summed E-state index contributed by atoms with van der Waals surface area (Å²) in [4.78, 5) is 22.2. The highest BCUT2D eigenvalue weighted by Crippen LogP contribution is 2.35. The predicted octanol–water partition coefficient (Wildman–Crippen LogP) is 6.08. The third-order valence-corrected chi connectivity index (χ3v) is 6.92. The van der Waals surface area contributed by atoms with Gasteiger partial charge in [0.2, 0.25) is 0 Å². The molecule has 0 fully saturated rings. The van der Waals surface area contributed by atoms with E-state index in [2.05, 4.69) is 22.0 Å². The van der Waals surface area contributed by atoms with Gasteiger partial charge in [0.15, 0.2) is 10.8 Å². The maximum Gasteiger partial charge on any atom is 0.251 e. The van der Waals surface area contributed by atoms with Crippen molar-refractivity contribution in [3.05, 3.63) is 94.3 Å². The lowest BCUT2D eigenvalue weighted by atomic mass is 10.1. The van der Waals surface area contributed by atoms with Gasteiger partial charge in [0.1, 0.15) is 0 Å². The molecular weight excluding hydrogens is 480 g/mol. The number of rotatable bonds is 7. The molecule has 1 unspecified atom stereocenters. The number of carbonyl (C=O) groups is 1. The first-order valence-electron chi connectivity index (χ1n) is 11.1. The number of hydrogen-bond donors (Lipinski definition) is 1. The number of imidazole rings is 1. The zero-order valence-electron chi connectivity index (χ0n) is 19.2. The molecule has 35 heavy (non-hydrogen) atoms. The SMILES string of the molecule is CNC(=O)c1ccc2c(c1)nc(-c1nc(-c3ccc(Cl)cc3)cs1)n2C(COC)c1ccccc1. The van der Waals surface area contributed by atoms with Crippen LogP contribution in [0.25, 0.3) is 33.1 Å². The van der Waals surface area contributed by atoms with E-state index in [0.717, 1.165) is 38.7 Å². The number of nitrogens with one attached hydrogen (secondary N) is 1. The van der Waals surface area contributed by atoms with Gasteiger partial charge in [-0.05, 0) is 35.9 Å². The molecule has 0 aliphatic rings. The molecule has 0 saturated carbocycles. The van der Waals surface area contributed by atoms with Gasteiger partial charge in [-0.2, -0.15) is 0 Å². The number of hydrogen-bond acceptors (Lipinski definition) is 5. The fourth-order valence-corrected chi connectivity index (χ4v) is 5.07. The average molecular weight is 503 g/mol. The quantitative estimate of drug-likeness (QED) is 0.293. The number of amides is 1. The highest BCUT2D eigenvalue weighted by molar-refractivity contribution is 7.13. The van der Waals surface area contributed by atoms with Crippen molar-refractivity contribution in [2.24, 2.45) is 0 Å². The third-order valence-electron chi connectivity index (χ3n) is 5.83. The fraction of sp³-hybridized carbons (Fsp3) is 0.148. The maximum atomic E-state index is 12.3. The van der Waals surface area contributed by atoms with Gasteiger partial charge in [-0.1, -0.05) is 54.1 Å². The van der Waals surface area contributed by atoms with Crippen molar-refractivity contribution >= 4 is 39.9 Å². The minimum absolute atomic E-state index is 0.130. The number of benzene rings is 3. The standard InChI is InChI=1S/C27H23ClN4O2S/c1-29-26(33)19-10-13-23-21(14-19)30-25(32(23)24(15-34-2)18-6-4-3-5-7-18)27-31-22(16-35-27)17-8-11-20(28)12-9-17/h3-14,16,24H,15H2,1-2H3,(H,29,33). The van der Waals surface area contributed by atoms with Crippen molar-refractivity contribution in [2.45, 2.75) is 6.04 Å². The van der Waals surface area contributed by atoms with E-state index in [1.807, 2.05) is 66.0 Å². The topological polar surface area (TPSA) is 69.0 Å². The van der Waals surface area contributed by atoms with Crippen molar-refractivity contribution in [1.29, 1.82) is 0 Å². The molecule has 2 aromatic heterocycles. The van der Waals surface area contributed by atoms with Crippen LogP contribution in [0, 0.1) is 0 Å². The first kappa shape index (κ1) is 23.2. The number of carbonyl (C=O) groups excluding carboxylic acids is 1. The summed E-state index contributed by atoms with van der Waals surface area (Å²) in [5.41, 5.74) is 5.12. The van der Waals surface area contributed by atoms with Crippen LogP contribution in [-0.2, 0) is 4.74 Å². The Balaban J connectivity index is 1.70. The number of nitrogens with zero attached hydrogens (tertiary/aromatic N) is 3. The summed E-state index contributed by atoms with van der Waals surface area (Å²) in [6.45, 7) is 0.453. The highest BCUT2D eigenvalue weighted by atomic mass is 35.5. The maximum absolute atomic E-state index is 12.3. The molecule has 1 N–H and O–H groups in total. The molecule has 176 valence electrons. The number of aromatic nitrogens is 3. The summed E-state index contributed by atoms with van der Waals surface area (Å²) < 4.78 is 7.80. The van der Waals surface area contributed by atoms with E-state index in [1.165, 1.54) is 11.3 Å². The van der Waals surface area contributed by atoms with Crippen molar-refractivity contribution in [3.63, 3.8) is 0 Å². The lowest BCUT2D eigenvalue weighted by molar-refractivity contribution is 0.0963. The van der Waals surface area contributed by atoms with Crippen molar-refractivity contribution in [2.75, 3.05) is 20.8 Å². The zero-order chi connectivity index (χ0) is 24.4. The van der Waals surface area contributed by atoms with Crippen LogP contribution < -0.4 is 5.32 Å². The van der Waals surface area contributed by atoms with Crippen LogP contribution in [0.5, 0.6) is 0 Å². The molecule has 0 radical (unpaired) electrons. The summed E-state index contributed by atoms with van der Waals surface area (Å²) >= 11 is 7.59. The Morgan fingerprint density at radius 1 is 1.09 bits per heavy atom. The second kappa shape index (κ2) is 10.00. The van der Waals surface area contributed by atoms with Crippen LogP contribution in [0.1, 0.15) is 22.0 Å². The Morgan fingerprint density at radius 2 is 1.86 bits per heavy atom. The highest BCUT2D eigenvalue weighted by Gasteiger charge is 2.24. The van der Waals surface area contributed by atoms with E-state index in [-0.39, 0.29) is 11.9 Å². The molecule has 3 aromatic carbocycles. The smallest absolute Gasteiger partial charge is 0.251 e. The van der Waals surface area contributed by atoms with Crippen molar-refractivity contribution in [1.82, 2.24) is 19.9 Å². The second-order valence-electron chi connectivity index (χ2n) is 8.01. The van der Waals surface area contributed by atoms with Gasteiger partial charge in [-0.15, -0.1) is 11.3 Å². The molecule has 1 atom stereocenters. The molecule has 5 aromatic rings. The fourth-order valence-electron chi connectivity index (χ4n) is 4.13. The number of thiazole rings is 1. The molecule has 8 heteroatoms. The molecule has 6 nitrogen and oxygen atoms in total. The molecular formula is C27H23ClN4O2S. The Kier molecular flexibility index (Phi) is 6.63. The Bertz CT molecular complexity index is 1480. The summed E-state index contributed by atoms with van der Waals surface area (Å²) in [7, 11) is 3.31. The van der Waals surface area contributed by atoms with E-state index in [1.54, 1.807) is 14.2 Å². The van der Waals surface area contributed by atoms with E-state index in [9.17, 15) is 4.79 Å². The lowest BCUT2D eigenvalue weighted by Crippen LogP contribution is -2.18. The Morgan fingerprint density at radius 3 is 2.57 bits per heavy atom. The second-order valence-corrected chi connectivity index (χ2v) is 9.31. The van der Waals surface area contributed by atoms with Gasteiger partial charge < -0.3 is 14.6 Å². The summed E-state index contributed by atoms with van der Waals surface area (Å²) in [6, 6.07) is 23.3. The Hall–Kier alpha value is -3.52. The van der Waals surface area contributed by atoms with Gasteiger partial charge >= 0.3 is 0 Å². The zero-order valence-corrected chi connectivity index (χ0v) is 20.8. The van der Waals surface area contributed by atoms with Gasteiger partial charge in [-0.3, -0.25) is 4.79 Å².